The van der Waals surface area contributed by atoms with Crippen LogP contribution < -0.4 is 14.9 Å². The topological polar surface area (TPSA) is 89.1 Å². The van der Waals surface area contributed by atoms with Gasteiger partial charge in [-0.05, 0) is 29.8 Å². The summed E-state index contributed by atoms with van der Waals surface area (Å²) in [5.41, 5.74) is 1.25. The van der Waals surface area contributed by atoms with Crippen LogP contribution in [0.1, 0.15) is 11.1 Å². The van der Waals surface area contributed by atoms with E-state index in [4.69, 9.17) is 13.9 Å². The molecule has 0 aliphatic heterocycles. The molecule has 120 valence electrons. The van der Waals surface area contributed by atoms with Gasteiger partial charge in [-0.15, -0.1) is 0 Å². The first-order chi connectivity index (χ1) is 11.1. The Hall–Kier alpha value is -2.57. The number of hydrogen-bond donors (Lipinski definition) is 2. The predicted octanol–water partition coefficient (Wildman–Crippen LogP) is 1.95. The van der Waals surface area contributed by atoms with Crippen molar-refractivity contribution in [3.8, 4) is 11.5 Å². The fourth-order valence-corrected chi connectivity index (χ4v) is 2.72. The highest BCUT2D eigenvalue weighted by Gasteiger charge is 2.19. The van der Waals surface area contributed by atoms with Gasteiger partial charge in [0.25, 0.3) is 0 Å². The fourth-order valence-electron chi connectivity index (χ4n) is 2.72. The minimum Gasteiger partial charge on any atom is -0.497 e. The number of aliphatic hydroxyl groups is 2. The third kappa shape index (κ3) is 2.32. The lowest BCUT2D eigenvalue weighted by atomic mass is 10.0. The van der Waals surface area contributed by atoms with Gasteiger partial charge >= 0.3 is 0 Å². The monoisotopic (exact) mass is 316 g/mol. The predicted molar refractivity (Wildman–Crippen MR) is 84.9 cm³/mol. The molecule has 6 heteroatoms. The Morgan fingerprint density at radius 1 is 1.04 bits per heavy atom. The number of hydrogen-bond acceptors (Lipinski definition) is 6. The molecule has 3 aromatic rings. The lowest BCUT2D eigenvalue weighted by molar-refractivity contribution is 0.254. The zero-order valence-corrected chi connectivity index (χ0v) is 12.8. The molecule has 2 N–H and O–H groups in total. The first kappa shape index (κ1) is 15.3. The molecule has 0 atom stereocenters. The van der Waals surface area contributed by atoms with E-state index in [0.717, 1.165) is 0 Å². The molecule has 0 fully saturated rings. The smallest absolute Gasteiger partial charge is 0.204 e. The summed E-state index contributed by atoms with van der Waals surface area (Å²) in [7, 11) is 2.92. The third-order valence-corrected chi connectivity index (χ3v) is 3.85. The molecular formula is C17H16O6. The molecule has 0 aliphatic rings. The van der Waals surface area contributed by atoms with E-state index >= 15 is 0 Å². The number of aliphatic hydroxyl groups excluding tert-OH is 2. The second kappa shape index (κ2) is 5.91. The van der Waals surface area contributed by atoms with Gasteiger partial charge in [0.2, 0.25) is 5.43 Å². The Bertz CT molecular complexity index is 941. The molecule has 2 aromatic carbocycles. The molecule has 23 heavy (non-hydrogen) atoms. The van der Waals surface area contributed by atoms with Crippen molar-refractivity contribution in [3.05, 3.63) is 45.6 Å². The van der Waals surface area contributed by atoms with Gasteiger partial charge in [0, 0.05) is 5.56 Å². The van der Waals surface area contributed by atoms with Crippen molar-refractivity contribution >= 4 is 21.9 Å². The molecule has 0 bridgehead atoms. The highest BCUT2D eigenvalue weighted by molar-refractivity contribution is 5.95. The van der Waals surface area contributed by atoms with E-state index in [2.05, 4.69) is 0 Å². The summed E-state index contributed by atoms with van der Waals surface area (Å²) in [6.45, 7) is -0.656. The second-order valence-corrected chi connectivity index (χ2v) is 5.03. The Kier molecular flexibility index (Phi) is 3.94. The summed E-state index contributed by atoms with van der Waals surface area (Å²) in [6, 6.07) is 6.50. The molecule has 3 rings (SSSR count). The average molecular weight is 316 g/mol. The maximum Gasteiger partial charge on any atom is 0.204 e. The van der Waals surface area contributed by atoms with Crippen LogP contribution in [0.2, 0.25) is 0 Å². The molecule has 0 saturated carbocycles. The average Bonchev–Trinajstić information content (AvgIpc) is 2.59. The van der Waals surface area contributed by atoms with Crippen LogP contribution in [0.15, 0.2) is 33.5 Å². The maximum absolute atomic E-state index is 12.9. The molecular weight excluding hydrogens is 300 g/mol. The van der Waals surface area contributed by atoms with Gasteiger partial charge in [-0.3, -0.25) is 4.79 Å². The molecule has 0 aliphatic carbocycles. The van der Waals surface area contributed by atoms with E-state index in [-0.39, 0.29) is 29.8 Å². The SMILES string of the molecule is COc1ccc2oc3cc(CO)c(CO)c(OC)c3c(=O)c2c1. The van der Waals surface area contributed by atoms with Crippen molar-refractivity contribution in [1.82, 2.24) is 0 Å². The number of rotatable bonds is 4. The fraction of sp³-hybridized carbons (Fsp3) is 0.235. The number of benzene rings is 2. The van der Waals surface area contributed by atoms with E-state index in [1.807, 2.05) is 0 Å². The molecule has 0 spiro atoms. The minimum atomic E-state index is -0.357. The first-order valence-electron chi connectivity index (χ1n) is 6.99. The van der Waals surface area contributed by atoms with E-state index in [0.29, 0.717) is 33.4 Å². The third-order valence-electron chi connectivity index (χ3n) is 3.85. The summed E-state index contributed by atoms with van der Waals surface area (Å²) >= 11 is 0. The standard InChI is InChI=1S/C17H16O6/c1-21-10-3-4-13-11(6-10)16(20)15-14(23-13)5-9(7-18)12(8-19)17(15)22-2/h3-6,18-19H,7-8H2,1-2H3. The highest BCUT2D eigenvalue weighted by atomic mass is 16.5. The van der Waals surface area contributed by atoms with Crippen LogP contribution in [0.25, 0.3) is 21.9 Å². The van der Waals surface area contributed by atoms with Gasteiger partial charge in [-0.2, -0.15) is 0 Å². The number of ether oxygens (including phenoxy) is 2. The van der Waals surface area contributed by atoms with Gasteiger partial charge in [0.1, 0.15) is 28.1 Å². The summed E-state index contributed by atoms with van der Waals surface area (Å²) in [5, 5.41) is 19.6. The van der Waals surface area contributed by atoms with E-state index in [1.165, 1.54) is 14.2 Å². The Balaban J connectivity index is 2.51. The van der Waals surface area contributed by atoms with Gasteiger partial charge in [-0.1, -0.05) is 0 Å². The number of fused-ring (bicyclic) bond motifs is 2. The summed E-state index contributed by atoms with van der Waals surface area (Å²) in [5.74, 6) is 0.755. The lowest BCUT2D eigenvalue weighted by Crippen LogP contribution is -2.08. The summed E-state index contributed by atoms with van der Waals surface area (Å²) < 4.78 is 16.2. The Labute approximate surface area is 131 Å². The van der Waals surface area contributed by atoms with Crippen LogP contribution in [0, 0.1) is 0 Å². The van der Waals surface area contributed by atoms with Gasteiger partial charge in [0.05, 0.1) is 32.8 Å². The van der Waals surface area contributed by atoms with Gasteiger partial charge < -0.3 is 24.1 Å². The van der Waals surface area contributed by atoms with Crippen LogP contribution in [-0.4, -0.2) is 24.4 Å². The van der Waals surface area contributed by atoms with Crippen LogP contribution in [0.5, 0.6) is 11.5 Å². The van der Waals surface area contributed by atoms with Crippen molar-refractivity contribution < 1.29 is 24.1 Å². The van der Waals surface area contributed by atoms with E-state index in [1.54, 1.807) is 24.3 Å². The summed E-state index contributed by atoms with van der Waals surface area (Å²) in [4.78, 5) is 12.9. The maximum atomic E-state index is 12.9. The van der Waals surface area contributed by atoms with E-state index in [9.17, 15) is 15.0 Å². The molecule has 0 saturated heterocycles. The molecule has 0 radical (unpaired) electrons. The minimum absolute atomic E-state index is 0.215. The van der Waals surface area contributed by atoms with Crippen LogP contribution in [0.3, 0.4) is 0 Å². The zero-order valence-electron chi connectivity index (χ0n) is 12.8. The van der Waals surface area contributed by atoms with Gasteiger partial charge in [0.15, 0.2) is 0 Å². The van der Waals surface area contributed by atoms with Crippen molar-refractivity contribution in [2.24, 2.45) is 0 Å². The first-order valence-corrected chi connectivity index (χ1v) is 6.99. The zero-order chi connectivity index (χ0) is 16.6. The second-order valence-electron chi connectivity index (χ2n) is 5.03. The largest absolute Gasteiger partial charge is 0.497 e. The van der Waals surface area contributed by atoms with Crippen LogP contribution in [0.4, 0.5) is 0 Å². The van der Waals surface area contributed by atoms with Crippen LogP contribution >= 0.6 is 0 Å². The summed E-state index contributed by atoms with van der Waals surface area (Å²) in [6.07, 6.45) is 0. The van der Waals surface area contributed by atoms with Crippen molar-refractivity contribution in [2.45, 2.75) is 13.2 Å². The Morgan fingerprint density at radius 2 is 1.83 bits per heavy atom. The van der Waals surface area contributed by atoms with Gasteiger partial charge in [-0.25, -0.2) is 0 Å². The van der Waals surface area contributed by atoms with E-state index < -0.39 is 0 Å². The quantitative estimate of drug-likeness (QED) is 0.715. The van der Waals surface area contributed by atoms with Crippen LogP contribution in [-0.2, 0) is 13.2 Å². The molecule has 6 nitrogen and oxygen atoms in total. The normalized spacial score (nSPS) is 11.1. The molecule has 1 aromatic heterocycles. The molecule has 0 amide bonds. The Morgan fingerprint density at radius 3 is 2.43 bits per heavy atom. The lowest BCUT2D eigenvalue weighted by Gasteiger charge is -2.14. The number of methoxy groups -OCH3 is 2. The van der Waals surface area contributed by atoms with Crippen molar-refractivity contribution in [3.63, 3.8) is 0 Å². The van der Waals surface area contributed by atoms with Crippen molar-refractivity contribution in [2.75, 3.05) is 14.2 Å². The highest BCUT2D eigenvalue weighted by Crippen LogP contribution is 2.33. The van der Waals surface area contributed by atoms with Crippen molar-refractivity contribution in [1.29, 1.82) is 0 Å². The molecule has 1 heterocycles. The molecule has 0 unspecified atom stereocenters.